The van der Waals surface area contributed by atoms with Gasteiger partial charge in [-0.2, -0.15) is 0 Å². The number of hydrogen-bond acceptors (Lipinski definition) is 12. The van der Waals surface area contributed by atoms with Gasteiger partial charge in [0.25, 0.3) is 0 Å². The Balaban J connectivity index is 0.00000281. The number of hydrogen-bond donors (Lipinski definition) is 4. The Morgan fingerprint density at radius 3 is 2.00 bits per heavy atom. The van der Waals surface area contributed by atoms with Crippen LogP contribution in [0.3, 0.4) is 0 Å². The highest BCUT2D eigenvalue weighted by Gasteiger charge is 2.40. The van der Waals surface area contributed by atoms with Gasteiger partial charge in [0.05, 0.1) is 26.7 Å². The second kappa shape index (κ2) is 27.5. The number of methoxy groups -OCH3 is 2. The van der Waals surface area contributed by atoms with Crippen LogP contribution in [-0.4, -0.2) is 95.8 Å². The number of aromatic nitrogens is 1. The van der Waals surface area contributed by atoms with Crippen LogP contribution in [0.5, 0.6) is 0 Å². The second-order valence-corrected chi connectivity index (χ2v) is 12.1. The third kappa shape index (κ3) is 17.6. The summed E-state index contributed by atoms with van der Waals surface area (Å²) in [5.74, 6) is 10.4. The molecule has 1 aromatic heterocycles. The van der Waals surface area contributed by atoms with E-state index in [9.17, 15) is 24.0 Å². The summed E-state index contributed by atoms with van der Waals surface area (Å²) in [5, 5.41) is 5.29. The first-order valence-electron chi connectivity index (χ1n) is 17.7. The number of aryl methyl sites for hydroxylation is 1. The van der Waals surface area contributed by atoms with E-state index in [1.54, 1.807) is 36.5 Å². The first-order chi connectivity index (χ1) is 28.1. The van der Waals surface area contributed by atoms with Crippen LogP contribution in [-0.2, 0) is 59.3 Å². The van der Waals surface area contributed by atoms with Crippen molar-refractivity contribution in [2.75, 3.05) is 49.6 Å². The molecule has 0 spiro atoms. The van der Waals surface area contributed by atoms with Crippen molar-refractivity contribution in [3.05, 3.63) is 94.2 Å². The number of pyridine rings is 1. The molecular weight excluding hydrogens is 974 g/mol. The minimum Gasteiger partial charge on any atom is -0.469 e. The molecule has 3 amide bonds. The van der Waals surface area contributed by atoms with Crippen LogP contribution in [0.25, 0.3) is 0 Å². The van der Waals surface area contributed by atoms with Crippen LogP contribution in [0.15, 0.2) is 60.8 Å². The zero-order valence-corrected chi connectivity index (χ0v) is 37.1. The summed E-state index contributed by atoms with van der Waals surface area (Å²) >= 11 is 4.30. The van der Waals surface area contributed by atoms with Crippen molar-refractivity contribution in [3.8, 4) is 23.7 Å². The smallest absolute Gasteiger partial charge is 0.408 e. The molecule has 15 nitrogen and oxygen atoms in total. The molecule has 310 valence electrons. The topological polar surface area (TPSA) is 214 Å². The van der Waals surface area contributed by atoms with Crippen LogP contribution >= 0.6 is 45.2 Å². The third-order valence-electron chi connectivity index (χ3n) is 8.17. The lowest BCUT2D eigenvalue weighted by Gasteiger charge is -2.22. The molecule has 1 aliphatic rings. The molecule has 0 aliphatic carbocycles. The number of nitrogens with one attached hydrogen (secondary N) is 2. The highest BCUT2D eigenvalue weighted by molar-refractivity contribution is 14.1. The molecule has 2 heterocycles. The molecule has 3 aromatic rings. The van der Waals surface area contributed by atoms with Crippen LogP contribution in [0.4, 0.5) is 15.4 Å². The summed E-state index contributed by atoms with van der Waals surface area (Å²) < 4.78 is 20.1. The molecule has 4 rings (SSSR count). The van der Waals surface area contributed by atoms with Gasteiger partial charge in [-0.3, -0.25) is 9.59 Å². The number of carbonyl (C=O) groups excluding carboxylic acids is 5. The van der Waals surface area contributed by atoms with E-state index in [-0.39, 0.29) is 51.5 Å². The fourth-order valence-corrected chi connectivity index (χ4v) is 5.44. The number of carbonyl (C=O) groups is 5. The predicted octanol–water partition coefficient (Wildman–Crippen LogP) is 4.07. The van der Waals surface area contributed by atoms with E-state index >= 15 is 0 Å². The lowest BCUT2D eigenvalue weighted by atomic mass is 10.0. The van der Waals surface area contributed by atoms with Crippen molar-refractivity contribution >= 4 is 81.0 Å². The minimum atomic E-state index is -0.844. The molecular formula is C41H48I2N6O9. The normalized spacial score (nSPS) is 13.5. The summed E-state index contributed by atoms with van der Waals surface area (Å²) in [7, 11) is 2.53. The van der Waals surface area contributed by atoms with Crippen molar-refractivity contribution in [2.45, 2.75) is 50.9 Å². The highest BCUT2D eigenvalue weighted by Crippen LogP contribution is 2.21. The molecule has 1 saturated heterocycles. The number of amides is 3. The SMILES string of the molecule is CI.CI.COC(=O)Cc1cc(C#CCOC(=O)NCc2ccc(N)nc2)cc(C#CCOC(=O)NC2CC(C(=O)OC)N(C(=O)CCc3ccc(CN)cc3)C2)c1. The number of nitrogens with two attached hydrogens (primary N) is 2. The number of likely N-dealkylation sites (tertiary alicyclic amines) is 1. The Bertz CT molecular complexity index is 1940. The van der Waals surface area contributed by atoms with E-state index in [2.05, 4.69) is 84.5 Å². The first-order valence-corrected chi connectivity index (χ1v) is 22.0. The molecule has 17 heteroatoms. The average molecular weight is 1020 g/mol. The zero-order chi connectivity index (χ0) is 42.9. The van der Waals surface area contributed by atoms with Crippen molar-refractivity contribution in [2.24, 2.45) is 5.73 Å². The van der Waals surface area contributed by atoms with E-state index in [0.29, 0.717) is 35.5 Å². The maximum absolute atomic E-state index is 13.1. The fraction of sp³-hybridized carbons (Fsp3) is 0.366. The molecule has 1 fully saturated rings. The number of rotatable bonds is 12. The van der Waals surface area contributed by atoms with Gasteiger partial charge in [-0.15, -0.1) is 0 Å². The summed E-state index contributed by atoms with van der Waals surface area (Å²) in [4.78, 5) is 71.6. The van der Waals surface area contributed by atoms with Crippen LogP contribution in [0, 0.1) is 23.7 Å². The number of halogens is 2. The van der Waals surface area contributed by atoms with Gasteiger partial charge < -0.3 is 45.9 Å². The molecule has 1 aliphatic heterocycles. The van der Waals surface area contributed by atoms with Gasteiger partial charge in [0.2, 0.25) is 5.91 Å². The van der Waals surface area contributed by atoms with E-state index in [0.717, 1.165) is 16.7 Å². The maximum Gasteiger partial charge on any atom is 0.408 e. The Morgan fingerprint density at radius 2 is 1.43 bits per heavy atom. The Labute approximate surface area is 366 Å². The number of esters is 2. The molecule has 6 N–H and O–H groups in total. The molecule has 2 aromatic carbocycles. The second-order valence-electron chi connectivity index (χ2n) is 12.1. The molecule has 0 bridgehead atoms. The molecule has 58 heavy (non-hydrogen) atoms. The van der Waals surface area contributed by atoms with Gasteiger partial charge in [0.1, 0.15) is 11.9 Å². The van der Waals surface area contributed by atoms with Crippen molar-refractivity contribution in [3.63, 3.8) is 0 Å². The molecule has 2 unspecified atom stereocenters. The standard InChI is InChI=1S/C39H42N6O9.2CH3I/c1-51-36(47)20-31-18-28(5-3-15-53-38(49)43-24-30-11-13-34(41)42-23-30)17-29(19-31)6-4-16-54-39(50)44-32-21-33(37(48)52-2)45(25-32)35(46)14-12-26-7-9-27(22-40)10-8-26;2*1-2/h7-11,13,17-19,23,32-33H,12,14-16,20-22,24-25,40H2,1-2H3,(H2,41,42)(H,43,49)(H,44,50);2*1H3. The number of alkyl halides is 2. The molecule has 2 atom stereocenters. The van der Waals surface area contributed by atoms with Gasteiger partial charge in [0, 0.05) is 49.8 Å². The monoisotopic (exact) mass is 1020 g/mol. The number of nitrogen functional groups attached to an aromatic ring is 1. The van der Waals surface area contributed by atoms with Crippen molar-refractivity contribution < 1.29 is 42.9 Å². The van der Waals surface area contributed by atoms with E-state index in [1.807, 2.05) is 34.1 Å². The maximum atomic E-state index is 13.1. The average Bonchev–Trinajstić information content (AvgIpc) is 3.67. The van der Waals surface area contributed by atoms with Gasteiger partial charge in [0.15, 0.2) is 13.2 Å². The quantitative estimate of drug-likeness (QED) is 0.0665. The largest absolute Gasteiger partial charge is 0.469 e. The van der Waals surface area contributed by atoms with E-state index < -0.39 is 36.2 Å². The van der Waals surface area contributed by atoms with Crippen LogP contribution in [0.2, 0.25) is 0 Å². The summed E-state index contributed by atoms with van der Waals surface area (Å²) in [6.07, 6.45) is 0.886. The number of ether oxygens (including phenoxy) is 4. The third-order valence-corrected chi connectivity index (χ3v) is 8.17. The predicted molar refractivity (Wildman–Crippen MR) is 236 cm³/mol. The Hall–Kier alpha value is -5.12. The summed E-state index contributed by atoms with van der Waals surface area (Å²) in [6.45, 7) is 0.259. The number of anilines is 1. The highest BCUT2D eigenvalue weighted by atomic mass is 127. The summed E-state index contributed by atoms with van der Waals surface area (Å²) in [6, 6.07) is 14.6. The number of benzene rings is 2. The van der Waals surface area contributed by atoms with Gasteiger partial charge in [-0.25, -0.2) is 19.4 Å². The molecule has 0 radical (unpaired) electrons. The zero-order valence-electron chi connectivity index (χ0n) is 32.8. The Morgan fingerprint density at radius 1 is 0.828 bits per heavy atom. The lowest BCUT2D eigenvalue weighted by Crippen LogP contribution is -2.42. The van der Waals surface area contributed by atoms with Crippen molar-refractivity contribution in [1.82, 2.24) is 20.5 Å². The minimum absolute atomic E-state index is 0.0339. The van der Waals surface area contributed by atoms with Gasteiger partial charge in [-0.05, 0) is 62.8 Å². The van der Waals surface area contributed by atoms with Crippen molar-refractivity contribution in [1.29, 1.82) is 0 Å². The van der Waals surface area contributed by atoms with E-state index in [4.69, 9.17) is 30.4 Å². The fourth-order valence-electron chi connectivity index (χ4n) is 5.44. The Kier molecular flexibility index (Phi) is 23.2. The number of nitrogens with zero attached hydrogens (tertiary/aromatic N) is 2. The lowest BCUT2D eigenvalue weighted by molar-refractivity contribution is -0.150. The van der Waals surface area contributed by atoms with E-state index in [1.165, 1.54) is 19.1 Å². The first kappa shape index (κ1) is 49.0. The number of alkyl carbamates (subject to hydrolysis) is 2. The van der Waals surface area contributed by atoms with Gasteiger partial charge >= 0.3 is 24.1 Å². The summed E-state index contributed by atoms with van der Waals surface area (Å²) in [5.41, 5.74) is 15.5. The van der Waals surface area contributed by atoms with Crippen LogP contribution in [0.1, 0.15) is 46.2 Å². The van der Waals surface area contributed by atoms with Gasteiger partial charge in [-0.1, -0.05) is 99.2 Å². The van der Waals surface area contributed by atoms with Crippen LogP contribution < -0.4 is 22.1 Å². The molecule has 0 saturated carbocycles.